The molecule has 2 aromatic rings. The molecule has 2 heterocycles. The van der Waals surface area contributed by atoms with Gasteiger partial charge in [0, 0.05) is 19.6 Å². The largest absolute Gasteiger partial charge is 0.306 e. The fourth-order valence-electron chi connectivity index (χ4n) is 1.67. The van der Waals surface area contributed by atoms with Crippen molar-refractivity contribution in [3.05, 3.63) is 42.7 Å². The highest BCUT2D eigenvalue weighted by molar-refractivity contribution is 9.10. The highest BCUT2D eigenvalue weighted by atomic mass is 79.9. The van der Waals surface area contributed by atoms with Gasteiger partial charge in [0.05, 0.1) is 6.04 Å². The summed E-state index contributed by atoms with van der Waals surface area (Å²) in [6, 6.07) is 4.73. The second kappa shape index (κ2) is 5.45. The van der Waals surface area contributed by atoms with Crippen molar-refractivity contribution in [1.29, 1.82) is 0 Å². The van der Waals surface area contributed by atoms with Gasteiger partial charge in [-0.3, -0.25) is 0 Å². The summed E-state index contributed by atoms with van der Waals surface area (Å²) in [7, 11) is 0. The summed E-state index contributed by atoms with van der Waals surface area (Å²) in [5, 5.41) is 7.90. The number of thiophene rings is 2. The van der Waals surface area contributed by atoms with Crippen LogP contribution < -0.4 is 5.32 Å². The van der Waals surface area contributed by atoms with E-state index in [1.165, 1.54) is 19.8 Å². The first-order chi connectivity index (χ1) is 7.72. The molecule has 2 rings (SSSR count). The molecule has 0 bridgehead atoms. The van der Waals surface area contributed by atoms with Crippen LogP contribution in [0.25, 0.3) is 0 Å². The van der Waals surface area contributed by atoms with Crippen LogP contribution >= 0.6 is 38.6 Å². The summed E-state index contributed by atoms with van der Waals surface area (Å²) in [5.74, 6) is 0. The minimum Gasteiger partial charge on any atom is -0.306 e. The van der Waals surface area contributed by atoms with Crippen LogP contribution in [0, 0.1) is 6.92 Å². The van der Waals surface area contributed by atoms with E-state index in [1.807, 2.05) is 11.3 Å². The Kier molecular flexibility index (Phi) is 4.19. The molecule has 0 aliphatic carbocycles. The highest BCUT2D eigenvalue weighted by Crippen LogP contribution is 2.34. The second-order valence-corrected chi connectivity index (χ2v) is 6.53. The van der Waals surface area contributed by atoms with Gasteiger partial charge in [0.1, 0.15) is 0 Å². The average molecular weight is 316 g/mol. The summed E-state index contributed by atoms with van der Waals surface area (Å²) in [6.45, 7) is 5.28. The standard InChI is InChI=1S/C12H14BrNS2/c1-3-14-12(9-6-15-7-10(9)13)11-5-4-8(2)16-11/h4-7,12,14H,3H2,1-2H3. The quantitative estimate of drug-likeness (QED) is 0.870. The molecule has 1 unspecified atom stereocenters. The first-order valence-electron chi connectivity index (χ1n) is 5.23. The Bertz CT molecular complexity index is 461. The van der Waals surface area contributed by atoms with E-state index in [-0.39, 0.29) is 0 Å². The predicted octanol–water partition coefficient (Wildman–Crippen LogP) is 4.58. The minimum absolute atomic E-state index is 0.323. The third kappa shape index (κ3) is 2.56. The van der Waals surface area contributed by atoms with Gasteiger partial charge in [-0.25, -0.2) is 0 Å². The Morgan fingerprint density at radius 2 is 2.19 bits per heavy atom. The van der Waals surface area contributed by atoms with Crippen molar-refractivity contribution >= 4 is 38.6 Å². The lowest BCUT2D eigenvalue weighted by atomic mass is 10.1. The van der Waals surface area contributed by atoms with E-state index >= 15 is 0 Å². The van der Waals surface area contributed by atoms with Crippen LogP contribution in [0.2, 0.25) is 0 Å². The molecule has 0 saturated heterocycles. The molecule has 1 atom stereocenters. The molecule has 16 heavy (non-hydrogen) atoms. The Hall–Kier alpha value is -0.160. The number of hydrogen-bond acceptors (Lipinski definition) is 3. The molecule has 1 N–H and O–H groups in total. The van der Waals surface area contributed by atoms with Crippen LogP contribution in [-0.2, 0) is 0 Å². The van der Waals surface area contributed by atoms with Gasteiger partial charge < -0.3 is 5.32 Å². The van der Waals surface area contributed by atoms with Crippen molar-refractivity contribution < 1.29 is 0 Å². The molecule has 1 nitrogen and oxygen atoms in total. The third-order valence-electron chi connectivity index (χ3n) is 2.41. The normalized spacial score (nSPS) is 12.9. The maximum atomic E-state index is 3.62. The van der Waals surface area contributed by atoms with Gasteiger partial charge in [-0.05, 0) is 52.5 Å². The fourth-order valence-corrected chi connectivity index (χ4v) is 4.20. The predicted molar refractivity (Wildman–Crippen MR) is 76.6 cm³/mol. The zero-order chi connectivity index (χ0) is 11.5. The lowest BCUT2D eigenvalue weighted by Gasteiger charge is -2.16. The van der Waals surface area contributed by atoms with Crippen molar-refractivity contribution in [3.8, 4) is 0 Å². The molecule has 0 amide bonds. The van der Waals surface area contributed by atoms with Gasteiger partial charge in [-0.1, -0.05) is 6.92 Å². The Morgan fingerprint density at radius 1 is 1.38 bits per heavy atom. The minimum atomic E-state index is 0.323. The van der Waals surface area contributed by atoms with Crippen LogP contribution in [0.1, 0.15) is 28.3 Å². The zero-order valence-corrected chi connectivity index (χ0v) is 12.5. The van der Waals surface area contributed by atoms with Gasteiger partial charge in [-0.2, -0.15) is 11.3 Å². The van der Waals surface area contributed by atoms with E-state index in [2.05, 4.69) is 58.0 Å². The van der Waals surface area contributed by atoms with Crippen molar-refractivity contribution in [2.45, 2.75) is 19.9 Å². The number of aryl methyl sites for hydroxylation is 1. The Labute approximate surface area is 113 Å². The number of halogens is 1. The topological polar surface area (TPSA) is 12.0 Å². The van der Waals surface area contributed by atoms with Crippen molar-refractivity contribution in [2.75, 3.05) is 6.54 Å². The molecule has 0 aliphatic rings. The summed E-state index contributed by atoms with van der Waals surface area (Å²) < 4.78 is 1.20. The smallest absolute Gasteiger partial charge is 0.0690 e. The van der Waals surface area contributed by atoms with E-state index in [9.17, 15) is 0 Å². The van der Waals surface area contributed by atoms with E-state index in [1.54, 1.807) is 11.3 Å². The monoisotopic (exact) mass is 315 g/mol. The summed E-state index contributed by atoms with van der Waals surface area (Å²) >= 11 is 7.22. The molecule has 2 aromatic heterocycles. The lowest BCUT2D eigenvalue weighted by Crippen LogP contribution is -2.20. The average Bonchev–Trinajstić information content (AvgIpc) is 2.84. The third-order valence-corrected chi connectivity index (χ3v) is 5.22. The van der Waals surface area contributed by atoms with Crippen LogP contribution in [0.5, 0.6) is 0 Å². The van der Waals surface area contributed by atoms with Gasteiger partial charge in [-0.15, -0.1) is 11.3 Å². The number of nitrogens with one attached hydrogen (secondary N) is 1. The molecule has 0 aromatic carbocycles. The summed E-state index contributed by atoms with van der Waals surface area (Å²) in [4.78, 5) is 2.75. The molecule has 0 spiro atoms. The summed E-state index contributed by atoms with van der Waals surface area (Å²) in [5.41, 5.74) is 1.34. The van der Waals surface area contributed by atoms with E-state index in [0.29, 0.717) is 6.04 Å². The van der Waals surface area contributed by atoms with Crippen LogP contribution in [-0.4, -0.2) is 6.54 Å². The van der Waals surface area contributed by atoms with E-state index < -0.39 is 0 Å². The zero-order valence-electron chi connectivity index (χ0n) is 9.29. The SMILES string of the molecule is CCNC(c1ccc(C)s1)c1cscc1Br. The molecule has 0 aliphatic heterocycles. The molecule has 86 valence electrons. The van der Waals surface area contributed by atoms with Gasteiger partial charge in [0.25, 0.3) is 0 Å². The van der Waals surface area contributed by atoms with Gasteiger partial charge in [0.15, 0.2) is 0 Å². The van der Waals surface area contributed by atoms with E-state index in [4.69, 9.17) is 0 Å². The molecule has 0 saturated carbocycles. The number of rotatable bonds is 4. The van der Waals surface area contributed by atoms with Crippen LogP contribution in [0.15, 0.2) is 27.4 Å². The highest BCUT2D eigenvalue weighted by Gasteiger charge is 2.17. The maximum absolute atomic E-state index is 3.62. The van der Waals surface area contributed by atoms with Gasteiger partial charge >= 0.3 is 0 Å². The Morgan fingerprint density at radius 3 is 2.69 bits per heavy atom. The summed E-state index contributed by atoms with van der Waals surface area (Å²) in [6.07, 6.45) is 0. The van der Waals surface area contributed by atoms with Crippen LogP contribution in [0.3, 0.4) is 0 Å². The van der Waals surface area contributed by atoms with Gasteiger partial charge in [0.2, 0.25) is 0 Å². The molecule has 0 fully saturated rings. The first-order valence-corrected chi connectivity index (χ1v) is 7.79. The van der Waals surface area contributed by atoms with Crippen molar-refractivity contribution in [2.24, 2.45) is 0 Å². The Balaban J connectivity index is 2.34. The van der Waals surface area contributed by atoms with Crippen molar-refractivity contribution in [3.63, 3.8) is 0 Å². The molecule has 4 heteroatoms. The van der Waals surface area contributed by atoms with E-state index in [0.717, 1.165) is 6.54 Å². The molecule has 0 radical (unpaired) electrons. The number of hydrogen-bond donors (Lipinski definition) is 1. The van der Waals surface area contributed by atoms with Crippen LogP contribution in [0.4, 0.5) is 0 Å². The fraction of sp³-hybridized carbons (Fsp3) is 0.333. The first kappa shape index (κ1) is 12.3. The molecular formula is C12H14BrNS2. The van der Waals surface area contributed by atoms with Crippen molar-refractivity contribution in [1.82, 2.24) is 5.32 Å². The maximum Gasteiger partial charge on any atom is 0.0690 e. The lowest BCUT2D eigenvalue weighted by molar-refractivity contribution is 0.639. The second-order valence-electron chi connectivity index (χ2n) is 3.61. The molecular weight excluding hydrogens is 302 g/mol.